The van der Waals surface area contributed by atoms with Gasteiger partial charge in [-0.15, -0.1) is 0 Å². The molecule has 2 nitrogen and oxygen atoms in total. The lowest BCUT2D eigenvalue weighted by atomic mass is 10.2. The largest absolute Gasteiger partial charge is 0.388 e. The highest BCUT2D eigenvalue weighted by molar-refractivity contribution is 5.41. The second-order valence-corrected chi connectivity index (χ2v) is 3.19. The minimum absolute atomic E-state index is 0.435. The van der Waals surface area contributed by atoms with Crippen LogP contribution in [0.3, 0.4) is 0 Å². The van der Waals surface area contributed by atoms with E-state index in [1.807, 2.05) is 37.4 Å². The summed E-state index contributed by atoms with van der Waals surface area (Å²) in [5.41, 5.74) is 6.63. The van der Waals surface area contributed by atoms with E-state index < -0.39 is 0 Å². The van der Waals surface area contributed by atoms with Gasteiger partial charge in [0.1, 0.15) is 0 Å². The maximum Gasteiger partial charge on any atom is 0.0337 e. The maximum absolute atomic E-state index is 5.47. The molecule has 0 bridgehead atoms. The Bertz CT molecular complexity index is 205. The molecule has 0 unspecified atom stereocenters. The monoisotopic (exact) mass is 194 g/mol. The van der Waals surface area contributed by atoms with E-state index in [0.29, 0.717) is 6.04 Å². The zero-order chi connectivity index (χ0) is 10.8. The molecule has 0 atom stereocenters. The van der Waals surface area contributed by atoms with Gasteiger partial charge in [0, 0.05) is 18.8 Å². The van der Waals surface area contributed by atoms with Crippen LogP contribution < -0.4 is 11.1 Å². The number of rotatable bonds is 3. The van der Waals surface area contributed by atoms with Gasteiger partial charge in [-0.05, 0) is 25.0 Å². The number of hydrogen-bond donors (Lipinski definition) is 2. The lowest BCUT2D eigenvalue weighted by Crippen LogP contribution is -2.16. The van der Waals surface area contributed by atoms with Gasteiger partial charge in [0.15, 0.2) is 0 Å². The van der Waals surface area contributed by atoms with E-state index in [2.05, 4.69) is 19.2 Å². The van der Waals surface area contributed by atoms with E-state index in [1.165, 1.54) is 0 Å². The Hall–Kier alpha value is -1.02. The molecule has 3 N–H and O–H groups in total. The molecule has 0 fully saturated rings. The van der Waals surface area contributed by atoms with Gasteiger partial charge >= 0.3 is 0 Å². The highest BCUT2D eigenvalue weighted by atomic mass is 14.8. The first-order valence-corrected chi connectivity index (χ1v) is 5.22. The van der Waals surface area contributed by atoms with Crippen molar-refractivity contribution in [3.63, 3.8) is 0 Å². The van der Waals surface area contributed by atoms with Crippen LogP contribution in [0.2, 0.25) is 0 Å². The zero-order valence-corrected chi connectivity index (χ0v) is 9.46. The van der Waals surface area contributed by atoms with Crippen LogP contribution in [0.4, 0.5) is 5.69 Å². The molecule has 1 aromatic rings. The maximum atomic E-state index is 5.47. The fourth-order valence-electron chi connectivity index (χ4n) is 0.893. The molecular weight excluding hydrogens is 172 g/mol. The third-order valence-corrected chi connectivity index (χ3v) is 2.11. The normalized spacial score (nSPS) is 9.21. The molecule has 0 radical (unpaired) electrons. The zero-order valence-electron chi connectivity index (χ0n) is 9.46. The molecule has 0 heterocycles. The van der Waals surface area contributed by atoms with E-state index >= 15 is 0 Å². The van der Waals surface area contributed by atoms with Gasteiger partial charge < -0.3 is 11.1 Å². The van der Waals surface area contributed by atoms with Crippen LogP contribution in [-0.2, 0) is 0 Å². The van der Waals surface area contributed by atoms with Gasteiger partial charge in [-0.1, -0.05) is 32.0 Å². The topological polar surface area (TPSA) is 38.0 Å². The summed E-state index contributed by atoms with van der Waals surface area (Å²) in [6.45, 7) is 4.21. The molecule has 0 saturated heterocycles. The number of hydrogen-bond acceptors (Lipinski definition) is 2. The fraction of sp³-hybridized carbons (Fsp3) is 0.500. The summed E-state index contributed by atoms with van der Waals surface area (Å²) < 4.78 is 0. The lowest BCUT2D eigenvalue weighted by Gasteiger charge is -1.99. The van der Waals surface area contributed by atoms with E-state index in [4.69, 9.17) is 5.73 Å². The van der Waals surface area contributed by atoms with E-state index in [-0.39, 0.29) is 0 Å². The molecule has 80 valence electrons. The number of anilines is 1. The van der Waals surface area contributed by atoms with Gasteiger partial charge in [0.2, 0.25) is 0 Å². The minimum Gasteiger partial charge on any atom is -0.388 e. The number of nitrogens with two attached hydrogens (primary N) is 1. The van der Waals surface area contributed by atoms with Gasteiger partial charge in [-0.2, -0.15) is 0 Å². The van der Waals surface area contributed by atoms with Crippen LogP contribution in [0.5, 0.6) is 0 Å². The average Bonchev–Trinajstić information content (AvgIpc) is 2.30. The Morgan fingerprint density at radius 2 is 1.64 bits per heavy atom. The van der Waals surface area contributed by atoms with Crippen molar-refractivity contribution >= 4 is 5.69 Å². The second kappa shape index (κ2) is 8.57. The summed E-state index contributed by atoms with van der Waals surface area (Å²) in [6, 6.07) is 10.5. The highest BCUT2D eigenvalue weighted by Crippen LogP contribution is 2.01. The molecule has 0 aromatic heterocycles. The van der Waals surface area contributed by atoms with Gasteiger partial charge in [-0.3, -0.25) is 0 Å². The van der Waals surface area contributed by atoms with Crippen molar-refractivity contribution < 1.29 is 0 Å². The molecule has 0 saturated carbocycles. The Morgan fingerprint density at radius 1 is 1.14 bits per heavy atom. The Kier molecular flexibility index (Phi) is 7.95. The standard InChI is InChI=1S/C7H9N.C5H13N/c1-8-7-5-3-2-4-6-7;1-3-5(6)4-2/h2-6,8H,1H3;5H,3-4,6H2,1-2H3. The SMILES string of the molecule is CCC(N)CC.CNc1ccccc1. The van der Waals surface area contributed by atoms with Gasteiger partial charge in [-0.25, -0.2) is 0 Å². The Balaban J connectivity index is 0.000000255. The van der Waals surface area contributed by atoms with Crippen molar-refractivity contribution in [1.82, 2.24) is 0 Å². The van der Waals surface area contributed by atoms with Gasteiger partial charge in [0.25, 0.3) is 0 Å². The molecule has 1 aromatic carbocycles. The summed E-state index contributed by atoms with van der Waals surface area (Å²) >= 11 is 0. The van der Waals surface area contributed by atoms with Crippen molar-refractivity contribution in [2.24, 2.45) is 5.73 Å². The highest BCUT2D eigenvalue weighted by Gasteiger charge is 1.88. The molecule has 0 aliphatic rings. The summed E-state index contributed by atoms with van der Waals surface area (Å²) in [5.74, 6) is 0. The first-order valence-electron chi connectivity index (χ1n) is 5.22. The van der Waals surface area contributed by atoms with Crippen LogP contribution in [0.1, 0.15) is 26.7 Å². The quantitative estimate of drug-likeness (QED) is 0.776. The molecular formula is C12H22N2. The van der Waals surface area contributed by atoms with E-state index in [0.717, 1.165) is 18.5 Å². The van der Waals surface area contributed by atoms with Crippen LogP contribution in [0, 0.1) is 0 Å². The molecule has 0 aliphatic carbocycles. The van der Waals surface area contributed by atoms with Crippen LogP contribution in [-0.4, -0.2) is 13.1 Å². The second-order valence-electron chi connectivity index (χ2n) is 3.19. The van der Waals surface area contributed by atoms with Crippen molar-refractivity contribution in [2.75, 3.05) is 12.4 Å². The van der Waals surface area contributed by atoms with Crippen molar-refractivity contribution in [1.29, 1.82) is 0 Å². The predicted octanol–water partition coefficient (Wildman–Crippen LogP) is 2.86. The van der Waals surface area contributed by atoms with Crippen molar-refractivity contribution in [3.05, 3.63) is 30.3 Å². The molecule has 2 heteroatoms. The van der Waals surface area contributed by atoms with Gasteiger partial charge in [0.05, 0.1) is 0 Å². The van der Waals surface area contributed by atoms with Crippen molar-refractivity contribution in [2.45, 2.75) is 32.7 Å². The lowest BCUT2D eigenvalue weighted by molar-refractivity contribution is 0.629. The molecule has 0 aliphatic heterocycles. The Labute approximate surface area is 87.5 Å². The first-order chi connectivity index (χ1) is 6.74. The number of nitrogens with one attached hydrogen (secondary N) is 1. The van der Waals surface area contributed by atoms with E-state index in [9.17, 15) is 0 Å². The average molecular weight is 194 g/mol. The van der Waals surface area contributed by atoms with Crippen LogP contribution in [0.25, 0.3) is 0 Å². The van der Waals surface area contributed by atoms with E-state index in [1.54, 1.807) is 0 Å². The first kappa shape index (κ1) is 13.0. The summed E-state index contributed by atoms with van der Waals surface area (Å²) in [6.07, 6.45) is 2.22. The van der Waals surface area contributed by atoms with Crippen LogP contribution in [0.15, 0.2) is 30.3 Å². The number of benzene rings is 1. The van der Waals surface area contributed by atoms with Crippen LogP contribution >= 0.6 is 0 Å². The third-order valence-electron chi connectivity index (χ3n) is 2.11. The third kappa shape index (κ3) is 6.49. The summed E-state index contributed by atoms with van der Waals surface area (Å²) in [4.78, 5) is 0. The van der Waals surface area contributed by atoms with Crippen molar-refractivity contribution in [3.8, 4) is 0 Å². The molecule has 14 heavy (non-hydrogen) atoms. The molecule has 0 spiro atoms. The smallest absolute Gasteiger partial charge is 0.0337 e. The Morgan fingerprint density at radius 3 is 1.86 bits per heavy atom. The summed E-state index contributed by atoms with van der Waals surface area (Å²) in [7, 11) is 1.91. The summed E-state index contributed by atoms with van der Waals surface area (Å²) in [5, 5.41) is 3.03. The molecule has 0 amide bonds. The number of para-hydroxylation sites is 1. The fourth-order valence-corrected chi connectivity index (χ4v) is 0.893. The predicted molar refractivity (Wildman–Crippen MR) is 64.5 cm³/mol. The molecule has 1 rings (SSSR count). The minimum atomic E-state index is 0.435.